The second-order valence-corrected chi connectivity index (χ2v) is 6.91. The van der Waals surface area contributed by atoms with Crippen LogP contribution in [0.25, 0.3) is 11.0 Å². The summed E-state index contributed by atoms with van der Waals surface area (Å²) in [5, 5.41) is 12.6. The van der Waals surface area contributed by atoms with Gasteiger partial charge in [0.1, 0.15) is 0 Å². The SMILES string of the molecule is C[C@H](Sc1nc2ccc(Cl)cc2[nH]1)C(=O)Nc1cccc(C#N)c1. The minimum atomic E-state index is -0.355. The Hall–Kier alpha value is -2.49. The maximum Gasteiger partial charge on any atom is 0.237 e. The van der Waals surface area contributed by atoms with Crippen molar-refractivity contribution in [1.82, 2.24) is 9.97 Å². The molecular formula is C17H13ClN4OS. The molecule has 0 spiro atoms. The number of H-pyrrole nitrogens is 1. The van der Waals surface area contributed by atoms with E-state index in [0.717, 1.165) is 11.0 Å². The molecule has 120 valence electrons. The first kappa shape index (κ1) is 16.4. The molecule has 24 heavy (non-hydrogen) atoms. The number of aromatic amines is 1. The van der Waals surface area contributed by atoms with E-state index in [1.807, 2.05) is 12.1 Å². The van der Waals surface area contributed by atoms with Gasteiger partial charge in [0.05, 0.1) is 27.9 Å². The van der Waals surface area contributed by atoms with Crippen LogP contribution in [0.2, 0.25) is 5.02 Å². The van der Waals surface area contributed by atoms with Gasteiger partial charge in [-0.3, -0.25) is 4.79 Å². The Morgan fingerprint density at radius 1 is 1.38 bits per heavy atom. The fourth-order valence-electron chi connectivity index (χ4n) is 2.15. The number of rotatable bonds is 4. The number of halogens is 1. The highest BCUT2D eigenvalue weighted by atomic mass is 35.5. The smallest absolute Gasteiger partial charge is 0.237 e. The maximum absolute atomic E-state index is 12.3. The summed E-state index contributed by atoms with van der Waals surface area (Å²) in [6.45, 7) is 1.80. The van der Waals surface area contributed by atoms with Crippen LogP contribution in [0.15, 0.2) is 47.6 Å². The quantitative estimate of drug-likeness (QED) is 0.686. The number of fused-ring (bicyclic) bond motifs is 1. The Labute approximate surface area is 148 Å². The van der Waals surface area contributed by atoms with Gasteiger partial charge in [0.2, 0.25) is 5.91 Å². The van der Waals surface area contributed by atoms with Gasteiger partial charge in [0, 0.05) is 10.7 Å². The molecule has 3 rings (SSSR count). The van der Waals surface area contributed by atoms with Gasteiger partial charge >= 0.3 is 0 Å². The van der Waals surface area contributed by atoms with Crippen LogP contribution in [0, 0.1) is 11.3 Å². The van der Waals surface area contributed by atoms with Gasteiger partial charge in [-0.05, 0) is 43.3 Å². The number of nitrogens with one attached hydrogen (secondary N) is 2. The molecule has 0 aliphatic rings. The number of imidazole rings is 1. The summed E-state index contributed by atoms with van der Waals surface area (Å²) >= 11 is 7.28. The molecule has 1 aromatic heterocycles. The first-order valence-electron chi connectivity index (χ1n) is 7.18. The number of benzene rings is 2. The Bertz CT molecular complexity index is 947. The van der Waals surface area contributed by atoms with E-state index in [2.05, 4.69) is 15.3 Å². The predicted molar refractivity (Wildman–Crippen MR) is 96.2 cm³/mol. The molecule has 5 nitrogen and oxygen atoms in total. The summed E-state index contributed by atoms with van der Waals surface area (Å²) in [4.78, 5) is 19.9. The monoisotopic (exact) mass is 356 g/mol. The summed E-state index contributed by atoms with van der Waals surface area (Å²) in [6, 6.07) is 14.3. The van der Waals surface area contributed by atoms with E-state index in [9.17, 15) is 4.79 Å². The Balaban J connectivity index is 1.69. The number of hydrogen-bond acceptors (Lipinski definition) is 4. The van der Waals surface area contributed by atoms with Crippen molar-refractivity contribution in [2.24, 2.45) is 0 Å². The van der Waals surface area contributed by atoms with Crippen molar-refractivity contribution in [3.8, 4) is 6.07 Å². The molecule has 2 N–H and O–H groups in total. The zero-order valence-electron chi connectivity index (χ0n) is 12.7. The van der Waals surface area contributed by atoms with Crippen molar-refractivity contribution in [2.45, 2.75) is 17.3 Å². The first-order chi connectivity index (χ1) is 11.5. The van der Waals surface area contributed by atoms with Crippen LogP contribution in [0.3, 0.4) is 0 Å². The molecule has 0 fully saturated rings. The van der Waals surface area contributed by atoms with Gasteiger partial charge in [-0.25, -0.2) is 4.98 Å². The van der Waals surface area contributed by atoms with Gasteiger partial charge in [-0.2, -0.15) is 5.26 Å². The molecule has 7 heteroatoms. The lowest BCUT2D eigenvalue weighted by Gasteiger charge is -2.10. The molecular weight excluding hydrogens is 344 g/mol. The number of carbonyl (C=O) groups excluding carboxylic acids is 1. The highest BCUT2D eigenvalue weighted by molar-refractivity contribution is 8.00. The molecule has 1 amide bonds. The third-order valence-corrected chi connectivity index (χ3v) is 4.56. The van der Waals surface area contributed by atoms with Crippen LogP contribution < -0.4 is 5.32 Å². The van der Waals surface area contributed by atoms with Crippen LogP contribution in [-0.4, -0.2) is 21.1 Å². The van der Waals surface area contributed by atoms with Crippen molar-refractivity contribution in [2.75, 3.05) is 5.32 Å². The predicted octanol–water partition coefficient (Wildman–Crippen LogP) is 4.21. The second kappa shape index (κ2) is 6.95. The minimum absolute atomic E-state index is 0.159. The average molecular weight is 357 g/mol. The standard InChI is InChI=1S/C17H13ClN4OS/c1-10(16(23)20-13-4-2-3-11(7-13)9-19)24-17-21-14-6-5-12(18)8-15(14)22-17/h2-8,10H,1H3,(H,20,23)(H,21,22)/t10-/m0/s1. The maximum atomic E-state index is 12.3. The minimum Gasteiger partial charge on any atom is -0.333 e. The van der Waals surface area contributed by atoms with E-state index in [4.69, 9.17) is 16.9 Å². The molecule has 1 atom stereocenters. The molecule has 1 heterocycles. The number of amides is 1. The van der Waals surface area contributed by atoms with E-state index in [1.165, 1.54) is 11.8 Å². The van der Waals surface area contributed by atoms with Crippen LogP contribution in [-0.2, 0) is 4.79 Å². The van der Waals surface area contributed by atoms with Gasteiger partial charge < -0.3 is 10.3 Å². The Morgan fingerprint density at radius 3 is 3.00 bits per heavy atom. The lowest BCUT2D eigenvalue weighted by atomic mass is 10.2. The highest BCUT2D eigenvalue weighted by Crippen LogP contribution is 2.25. The van der Waals surface area contributed by atoms with E-state index >= 15 is 0 Å². The molecule has 0 unspecified atom stereocenters. The molecule has 0 saturated carbocycles. The fourth-order valence-corrected chi connectivity index (χ4v) is 3.14. The van der Waals surface area contributed by atoms with Crippen molar-refractivity contribution in [3.05, 3.63) is 53.1 Å². The van der Waals surface area contributed by atoms with Gasteiger partial charge in [-0.15, -0.1) is 0 Å². The summed E-state index contributed by atoms with van der Waals surface area (Å²) in [7, 11) is 0. The third-order valence-electron chi connectivity index (χ3n) is 3.34. The van der Waals surface area contributed by atoms with Gasteiger partial charge in [-0.1, -0.05) is 29.4 Å². The topological polar surface area (TPSA) is 81.6 Å². The van der Waals surface area contributed by atoms with Crippen LogP contribution >= 0.6 is 23.4 Å². The van der Waals surface area contributed by atoms with E-state index < -0.39 is 0 Å². The highest BCUT2D eigenvalue weighted by Gasteiger charge is 2.17. The molecule has 0 aliphatic heterocycles. The number of carbonyl (C=O) groups is 1. The number of nitriles is 1. The molecule has 0 bridgehead atoms. The second-order valence-electron chi connectivity index (χ2n) is 5.15. The molecule has 0 saturated heterocycles. The number of anilines is 1. The molecule has 3 aromatic rings. The van der Waals surface area contributed by atoms with E-state index in [1.54, 1.807) is 43.3 Å². The van der Waals surface area contributed by atoms with Gasteiger partial charge in [0.25, 0.3) is 0 Å². The summed E-state index contributed by atoms with van der Waals surface area (Å²) < 4.78 is 0. The van der Waals surface area contributed by atoms with Crippen molar-refractivity contribution >= 4 is 46.0 Å². The Morgan fingerprint density at radius 2 is 2.21 bits per heavy atom. The zero-order chi connectivity index (χ0) is 17.1. The summed E-state index contributed by atoms with van der Waals surface area (Å²) in [5.74, 6) is -0.159. The number of aromatic nitrogens is 2. The normalized spacial score (nSPS) is 11.9. The summed E-state index contributed by atoms with van der Waals surface area (Å²) in [5.41, 5.74) is 2.74. The number of hydrogen-bond donors (Lipinski definition) is 2. The van der Waals surface area contributed by atoms with Crippen molar-refractivity contribution in [3.63, 3.8) is 0 Å². The molecule has 0 aliphatic carbocycles. The van der Waals surface area contributed by atoms with Crippen molar-refractivity contribution < 1.29 is 4.79 Å². The van der Waals surface area contributed by atoms with Crippen LogP contribution in [0.5, 0.6) is 0 Å². The van der Waals surface area contributed by atoms with Crippen LogP contribution in [0.1, 0.15) is 12.5 Å². The van der Waals surface area contributed by atoms with Gasteiger partial charge in [0.15, 0.2) is 5.16 Å². The van der Waals surface area contributed by atoms with E-state index in [0.29, 0.717) is 21.4 Å². The number of thioether (sulfide) groups is 1. The third kappa shape index (κ3) is 3.70. The van der Waals surface area contributed by atoms with Crippen molar-refractivity contribution in [1.29, 1.82) is 5.26 Å². The fraction of sp³-hybridized carbons (Fsp3) is 0.118. The summed E-state index contributed by atoms with van der Waals surface area (Å²) in [6.07, 6.45) is 0. The molecule has 2 aromatic carbocycles. The largest absolute Gasteiger partial charge is 0.333 e. The first-order valence-corrected chi connectivity index (χ1v) is 8.44. The van der Waals surface area contributed by atoms with Crippen LogP contribution in [0.4, 0.5) is 5.69 Å². The lowest BCUT2D eigenvalue weighted by molar-refractivity contribution is -0.115. The molecule has 0 radical (unpaired) electrons. The average Bonchev–Trinajstić information content (AvgIpc) is 2.96. The van der Waals surface area contributed by atoms with E-state index in [-0.39, 0.29) is 11.2 Å². The zero-order valence-corrected chi connectivity index (χ0v) is 14.3. The lowest BCUT2D eigenvalue weighted by Crippen LogP contribution is -2.22. The Kier molecular flexibility index (Phi) is 4.74. The number of nitrogens with zero attached hydrogens (tertiary/aromatic N) is 2.